The number of likely N-dealkylation sites (N-methyl/N-ethyl adjacent to an activating group) is 1. The second-order valence-electron chi connectivity index (χ2n) is 6.80. The second kappa shape index (κ2) is 10.3. The van der Waals surface area contributed by atoms with E-state index < -0.39 is 0 Å². The molecule has 1 N–H and O–H groups in total. The average Bonchev–Trinajstić information content (AvgIpc) is 2.98. The number of thiocarbonyl (C=S) groups is 1. The molecule has 0 spiro atoms. The molecule has 1 heterocycles. The maximum Gasteiger partial charge on any atom is 0.169 e. The molecule has 2 rings (SSSR count). The number of nitrogens with one attached hydrogen (secondary N) is 1. The van der Waals surface area contributed by atoms with Gasteiger partial charge in [0.1, 0.15) is 0 Å². The lowest BCUT2D eigenvalue weighted by molar-refractivity contribution is 0.317. The van der Waals surface area contributed by atoms with Crippen molar-refractivity contribution in [3.8, 4) is 0 Å². The van der Waals surface area contributed by atoms with Crippen molar-refractivity contribution in [3.05, 3.63) is 22.4 Å². The monoisotopic (exact) mass is 353 g/mol. The summed E-state index contributed by atoms with van der Waals surface area (Å²) in [7, 11) is 4.24. The third-order valence-electron chi connectivity index (χ3n) is 4.46. The van der Waals surface area contributed by atoms with Crippen LogP contribution in [0.25, 0.3) is 0 Å². The van der Waals surface area contributed by atoms with E-state index >= 15 is 0 Å². The lowest BCUT2D eigenvalue weighted by Gasteiger charge is -2.30. The fourth-order valence-electron chi connectivity index (χ4n) is 3.03. The largest absolute Gasteiger partial charge is 0.360 e. The summed E-state index contributed by atoms with van der Waals surface area (Å²) >= 11 is 7.57. The molecule has 0 aromatic carbocycles. The molecule has 0 bridgehead atoms. The summed E-state index contributed by atoms with van der Waals surface area (Å²) in [5.74, 6) is 0. The van der Waals surface area contributed by atoms with Crippen LogP contribution in [-0.4, -0.2) is 48.1 Å². The molecule has 0 aliphatic heterocycles. The van der Waals surface area contributed by atoms with E-state index in [9.17, 15) is 0 Å². The van der Waals surface area contributed by atoms with Crippen LogP contribution in [0.4, 0.5) is 0 Å². The summed E-state index contributed by atoms with van der Waals surface area (Å²) in [5.41, 5.74) is 0. The predicted molar refractivity (Wildman–Crippen MR) is 105 cm³/mol. The molecule has 1 saturated carbocycles. The number of nitrogens with zero attached hydrogens (tertiary/aromatic N) is 2. The van der Waals surface area contributed by atoms with Gasteiger partial charge in [0.05, 0.1) is 6.54 Å². The summed E-state index contributed by atoms with van der Waals surface area (Å²) in [6, 6.07) is 4.88. The molecule has 23 heavy (non-hydrogen) atoms. The lowest BCUT2D eigenvalue weighted by Crippen LogP contribution is -2.46. The van der Waals surface area contributed by atoms with Crippen molar-refractivity contribution < 1.29 is 0 Å². The highest BCUT2D eigenvalue weighted by atomic mass is 32.1. The summed E-state index contributed by atoms with van der Waals surface area (Å²) < 4.78 is 0. The Balaban J connectivity index is 1.90. The van der Waals surface area contributed by atoms with Crippen molar-refractivity contribution in [3.63, 3.8) is 0 Å². The lowest BCUT2D eigenvalue weighted by atomic mass is 9.97. The smallest absolute Gasteiger partial charge is 0.169 e. The van der Waals surface area contributed by atoms with E-state index in [2.05, 4.69) is 46.7 Å². The summed E-state index contributed by atoms with van der Waals surface area (Å²) in [6.45, 7) is 2.92. The molecule has 0 saturated heterocycles. The standard InChI is InChI=1S/C18H31N3S2/c1-20(2)12-13-21(15-17-11-8-14-23-17)18(22)19-16-9-6-4-3-5-7-10-16/h8,11,14,16H,3-7,9-10,12-13,15H2,1-2H3,(H,19,22). The predicted octanol–water partition coefficient (Wildman–Crippen LogP) is 4.10. The third-order valence-corrected chi connectivity index (χ3v) is 5.70. The number of rotatable bonds is 6. The third kappa shape index (κ3) is 7.19. The SMILES string of the molecule is CN(C)CCN(Cc1cccs1)C(=S)NC1CCCCCCC1. The van der Waals surface area contributed by atoms with Gasteiger partial charge in [-0.2, -0.15) is 0 Å². The van der Waals surface area contributed by atoms with Gasteiger partial charge in [0, 0.05) is 24.0 Å². The van der Waals surface area contributed by atoms with E-state index in [1.165, 1.54) is 49.8 Å². The van der Waals surface area contributed by atoms with Crippen LogP contribution >= 0.6 is 23.6 Å². The van der Waals surface area contributed by atoms with Gasteiger partial charge in [-0.25, -0.2) is 0 Å². The molecule has 0 unspecified atom stereocenters. The number of thiophene rings is 1. The minimum atomic E-state index is 0.563. The van der Waals surface area contributed by atoms with E-state index in [0.717, 1.165) is 24.7 Å². The molecule has 3 nitrogen and oxygen atoms in total. The molecule has 0 atom stereocenters. The molecule has 0 amide bonds. The zero-order valence-corrected chi connectivity index (χ0v) is 16.2. The Labute approximate surface area is 151 Å². The summed E-state index contributed by atoms with van der Waals surface area (Å²) in [5, 5.41) is 6.75. The number of hydrogen-bond acceptors (Lipinski definition) is 3. The maximum absolute atomic E-state index is 5.76. The van der Waals surface area contributed by atoms with Crippen LogP contribution in [0.2, 0.25) is 0 Å². The quantitative estimate of drug-likeness (QED) is 0.776. The molecule has 130 valence electrons. The molecule has 0 radical (unpaired) electrons. The normalized spacial score (nSPS) is 16.8. The minimum Gasteiger partial charge on any atom is -0.360 e. The van der Waals surface area contributed by atoms with Crippen LogP contribution < -0.4 is 5.32 Å². The molecular formula is C18H31N3S2. The van der Waals surface area contributed by atoms with Crippen LogP contribution in [0.1, 0.15) is 49.8 Å². The Morgan fingerprint density at radius 2 is 1.87 bits per heavy atom. The fourth-order valence-corrected chi connectivity index (χ4v) is 4.07. The average molecular weight is 354 g/mol. The van der Waals surface area contributed by atoms with Gasteiger partial charge >= 0.3 is 0 Å². The first kappa shape index (κ1) is 18.7. The second-order valence-corrected chi connectivity index (χ2v) is 8.21. The molecular weight excluding hydrogens is 322 g/mol. The summed E-state index contributed by atoms with van der Waals surface area (Å²) in [4.78, 5) is 5.94. The van der Waals surface area contributed by atoms with Crippen LogP contribution in [0.3, 0.4) is 0 Å². The van der Waals surface area contributed by atoms with E-state index in [1.807, 2.05) is 11.3 Å². The first-order chi connectivity index (χ1) is 11.1. The van der Waals surface area contributed by atoms with Crippen molar-refractivity contribution in [1.29, 1.82) is 0 Å². The Kier molecular flexibility index (Phi) is 8.34. The van der Waals surface area contributed by atoms with Crippen LogP contribution in [-0.2, 0) is 6.54 Å². The first-order valence-electron chi connectivity index (χ1n) is 8.87. The minimum absolute atomic E-state index is 0.563. The van der Waals surface area contributed by atoms with Gasteiger partial charge in [0.25, 0.3) is 0 Å². The van der Waals surface area contributed by atoms with E-state index in [-0.39, 0.29) is 0 Å². The molecule has 1 aliphatic carbocycles. The van der Waals surface area contributed by atoms with Crippen molar-refractivity contribution in [1.82, 2.24) is 15.1 Å². The highest BCUT2D eigenvalue weighted by Gasteiger charge is 2.17. The Bertz CT molecular complexity index is 437. The van der Waals surface area contributed by atoms with Gasteiger partial charge in [-0.05, 0) is 50.6 Å². The van der Waals surface area contributed by atoms with E-state index in [4.69, 9.17) is 12.2 Å². The molecule has 1 aromatic heterocycles. The van der Waals surface area contributed by atoms with Gasteiger partial charge in [0.2, 0.25) is 0 Å². The van der Waals surface area contributed by atoms with Crippen LogP contribution in [0.15, 0.2) is 17.5 Å². The van der Waals surface area contributed by atoms with Crippen molar-refractivity contribution >= 4 is 28.7 Å². The zero-order valence-electron chi connectivity index (χ0n) is 14.6. The Morgan fingerprint density at radius 1 is 1.17 bits per heavy atom. The van der Waals surface area contributed by atoms with Gasteiger partial charge < -0.3 is 15.1 Å². The topological polar surface area (TPSA) is 18.5 Å². The first-order valence-corrected chi connectivity index (χ1v) is 10.2. The molecule has 1 aromatic rings. The van der Waals surface area contributed by atoms with Crippen LogP contribution in [0.5, 0.6) is 0 Å². The fraction of sp³-hybridized carbons (Fsp3) is 0.722. The Hall–Kier alpha value is -0.650. The highest BCUT2D eigenvalue weighted by molar-refractivity contribution is 7.80. The van der Waals surface area contributed by atoms with Gasteiger partial charge in [-0.1, -0.05) is 38.2 Å². The molecule has 1 aliphatic rings. The van der Waals surface area contributed by atoms with Gasteiger partial charge in [0.15, 0.2) is 5.11 Å². The van der Waals surface area contributed by atoms with Crippen LogP contribution in [0, 0.1) is 0 Å². The van der Waals surface area contributed by atoms with E-state index in [0.29, 0.717) is 6.04 Å². The van der Waals surface area contributed by atoms with Crippen molar-refractivity contribution in [2.75, 3.05) is 27.2 Å². The van der Waals surface area contributed by atoms with E-state index in [1.54, 1.807) is 0 Å². The van der Waals surface area contributed by atoms with Crippen molar-refractivity contribution in [2.45, 2.75) is 57.5 Å². The van der Waals surface area contributed by atoms with Crippen molar-refractivity contribution in [2.24, 2.45) is 0 Å². The summed E-state index contributed by atoms with van der Waals surface area (Å²) in [6.07, 6.45) is 9.37. The molecule has 5 heteroatoms. The Morgan fingerprint density at radius 3 is 2.48 bits per heavy atom. The number of hydrogen-bond donors (Lipinski definition) is 1. The zero-order chi connectivity index (χ0) is 16.5. The van der Waals surface area contributed by atoms with Gasteiger partial charge in [-0.15, -0.1) is 11.3 Å². The maximum atomic E-state index is 5.76. The highest BCUT2D eigenvalue weighted by Crippen LogP contribution is 2.18. The molecule has 1 fully saturated rings. The van der Waals surface area contributed by atoms with Gasteiger partial charge in [-0.3, -0.25) is 0 Å².